The van der Waals surface area contributed by atoms with Crippen LogP contribution in [-0.4, -0.2) is 48.8 Å². The minimum atomic E-state index is -1.07. The highest BCUT2D eigenvalue weighted by atomic mass is 16.5. The Morgan fingerprint density at radius 3 is 2.36 bits per heavy atom. The van der Waals surface area contributed by atoms with Crippen LogP contribution in [0.15, 0.2) is 0 Å². The molecule has 1 heterocycles. The quantitative estimate of drug-likeness (QED) is 0.695. The van der Waals surface area contributed by atoms with Gasteiger partial charge in [-0.25, -0.2) is 0 Å². The monoisotopic (exact) mass is 200 g/mol. The summed E-state index contributed by atoms with van der Waals surface area (Å²) in [4.78, 5) is 11.8. The van der Waals surface area contributed by atoms with Gasteiger partial charge in [-0.05, 0) is 6.54 Å². The summed E-state index contributed by atoms with van der Waals surface area (Å²) in [7, 11) is 0. The highest BCUT2D eigenvalue weighted by Crippen LogP contribution is 1.93. The van der Waals surface area contributed by atoms with Crippen LogP contribution in [0.2, 0.25) is 0 Å². The van der Waals surface area contributed by atoms with E-state index in [2.05, 4.69) is 11.8 Å². The molecule has 5 heteroatoms. The van der Waals surface area contributed by atoms with Crippen LogP contribution in [0.25, 0.3) is 0 Å². The Morgan fingerprint density at radius 1 is 1.57 bits per heavy atom. The second-order valence-electron chi connectivity index (χ2n) is 2.78. The maximum atomic E-state index is 9.38. The molecule has 1 N–H and O–H groups in total. The van der Waals surface area contributed by atoms with Crippen LogP contribution in [0.3, 0.4) is 0 Å². The van der Waals surface area contributed by atoms with E-state index in [0.717, 1.165) is 26.3 Å². The van der Waals surface area contributed by atoms with Crippen LogP contribution in [0.5, 0.6) is 0 Å². The smallest absolute Gasteiger partial charge is 0.317 e. The van der Waals surface area contributed by atoms with Crippen LogP contribution in [-0.2, 0) is 9.53 Å². The molecule has 0 amide bonds. The van der Waals surface area contributed by atoms with Gasteiger partial charge in [0.25, 0.3) is 0 Å². The molecule has 5 nitrogen and oxygen atoms in total. The van der Waals surface area contributed by atoms with Crippen molar-refractivity contribution in [2.45, 2.75) is 13.3 Å². The number of carboxylic acids is 1. The summed E-state index contributed by atoms with van der Waals surface area (Å²) < 4.78 is 5.16. The largest absolute Gasteiger partial charge is 0.480 e. The molecule has 0 radical (unpaired) electrons. The molecule has 0 aromatic heterocycles. The molecule has 0 aliphatic carbocycles. The maximum Gasteiger partial charge on any atom is 0.317 e. The molecule has 1 saturated heterocycles. The van der Waals surface area contributed by atoms with E-state index in [1.807, 2.05) is 0 Å². The average Bonchev–Trinajstić information content (AvgIpc) is 2.20. The first kappa shape index (κ1) is 12.9. The molecule has 1 aliphatic heterocycles. The highest BCUT2D eigenvalue weighted by Gasteiger charge is 2.05. The minimum Gasteiger partial charge on any atom is -0.480 e. The van der Waals surface area contributed by atoms with E-state index in [9.17, 15) is 4.79 Å². The summed E-state index contributed by atoms with van der Waals surface area (Å²) in [5, 5.41) is 15.3. The number of nitriles is 1. The molecule has 0 spiro atoms. The molecule has 1 aliphatic rings. The first-order valence-corrected chi connectivity index (χ1v) is 4.59. The lowest BCUT2D eigenvalue weighted by atomic mass is 10.4. The number of likely N-dealkylation sites (N-methyl/N-ethyl adjacent to an activating group) is 1. The molecular weight excluding hydrogens is 184 g/mol. The Labute approximate surface area is 83.9 Å². The van der Waals surface area contributed by atoms with Crippen LogP contribution >= 0.6 is 0 Å². The van der Waals surface area contributed by atoms with Crippen molar-refractivity contribution in [3.05, 3.63) is 0 Å². The Kier molecular flexibility index (Phi) is 7.80. The lowest BCUT2D eigenvalue weighted by molar-refractivity contribution is -0.135. The summed E-state index contributed by atoms with van der Waals surface area (Å²) in [5.41, 5.74) is 0. The molecule has 0 aromatic carbocycles. The summed E-state index contributed by atoms with van der Waals surface area (Å²) in [6, 6.07) is 1.47. The normalized spacial score (nSPS) is 16.3. The molecule has 0 aromatic rings. The van der Waals surface area contributed by atoms with Crippen LogP contribution < -0.4 is 0 Å². The third-order valence-electron chi connectivity index (χ3n) is 1.78. The van der Waals surface area contributed by atoms with Gasteiger partial charge in [0.2, 0.25) is 0 Å². The van der Waals surface area contributed by atoms with E-state index in [-0.39, 0.29) is 0 Å². The van der Waals surface area contributed by atoms with Crippen LogP contribution in [0.1, 0.15) is 13.3 Å². The topological polar surface area (TPSA) is 73.6 Å². The standard InChI is InChI=1S/C6H13NO.C3H3NO2/c1-2-7-3-5-8-6-4-7;4-2-1-3(5)6/h2-6H2,1H3;1H2,(H,5,6). The summed E-state index contributed by atoms with van der Waals surface area (Å²) in [6.07, 6.45) is -0.403. The van der Waals surface area contributed by atoms with Gasteiger partial charge in [0.15, 0.2) is 0 Å². The van der Waals surface area contributed by atoms with Crippen molar-refractivity contribution in [1.82, 2.24) is 4.90 Å². The fraction of sp³-hybridized carbons (Fsp3) is 0.778. The number of hydrogen-bond donors (Lipinski definition) is 1. The SMILES string of the molecule is CCN1CCOCC1.N#CCC(=O)O. The number of hydrogen-bond acceptors (Lipinski definition) is 4. The number of ether oxygens (including phenoxy) is 1. The summed E-state index contributed by atoms with van der Waals surface area (Å²) >= 11 is 0. The second kappa shape index (κ2) is 8.48. The molecule has 0 bridgehead atoms. The number of aliphatic carboxylic acids is 1. The number of rotatable bonds is 2. The van der Waals surface area contributed by atoms with E-state index in [0.29, 0.717) is 0 Å². The van der Waals surface area contributed by atoms with Crippen molar-refractivity contribution in [2.75, 3.05) is 32.8 Å². The molecule has 1 fully saturated rings. The third-order valence-corrected chi connectivity index (χ3v) is 1.78. The zero-order valence-electron chi connectivity index (χ0n) is 8.40. The predicted octanol–water partition coefficient (Wildman–Crippen LogP) is 0.323. The molecular formula is C9H16N2O3. The van der Waals surface area contributed by atoms with E-state index >= 15 is 0 Å². The number of nitrogens with zero attached hydrogens (tertiary/aromatic N) is 2. The highest BCUT2D eigenvalue weighted by molar-refractivity contribution is 5.69. The molecule has 0 saturated carbocycles. The fourth-order valence-corrected chi connectivity index (χ4v) is 0.985. The van der Waals surface area contributed by atoms with Gasteiger partial charge in [0, 0.05) is 13.1 Å². The Bertz CT molecular complexity index is 195. The fourth-order valence-electron chi connectivity index (χ4n) is 0.985. The summed E-state index contributed by atoms with van der Waals surface area (Å²) in [6.45, 7) is 7.45. The summed E-state index contributed by atoms with van der Waals surface area (Å²) in [5.74, 6) is -1.07. The first-order valence-electron chi connectivity index (χ1n) is 4.59. The van der Waals surface area contributed by atoms with Gasteiger partial charge in [-0.3, -0.25) is 9.69 Å². The van der Waals surface area contributed by atoms with Crippen molar-refractivity contribution in [2.24, 2.45) is 0 Å². The zero-order valence-corrected chi connectivity index (χ0v) is 8.40. The molecule has 14 heavy (non-hydrogen) atoms. The van der Waals surface area contributed by atoms with Crippen molar-refractivity contribution < 1.29 is 14.6 Å². The van der Waals surface area contributed by atoms with E-state index < -0.39 is 12.4 Å². The van der Waals surface area contributed by atoms with Gasteiger partial charge in [-0.1, -0.05) is 6.92 Å². The number of morpholine rings is 1. The van der Waals surface area contributed by atoms with Crippen molar-refractivity contribution >= 4 is 5.97 Å². The van der Waals surface area contributed by atoms with E-state index in [1.54, 1.807) is 0 Å². The third kappa shape index (κ3) is 7.53. The second-order valence-corrected chi connectivity index (χ2v) is 2.78. The van der Waals surface area contributed by atoms with Gasteiger partial charge in [-0.2, -0.15) is 5.26 Å². The van der Waals surface area contributed by atoms with Crippen molar-refractivity contribution in [3.8, 4) is 6.07 Å². The van der Waals surface area contributed by atoms with E-state index in [1.165, 1.54) is 12.6 Å². The molecule has 80 valence electrons. The molecule has 0 unspecified atom stereocenters. The Balaban J connectivity index is 0.000000255. The predicted molar refractivity (Wildman–Crippen MR) is 50.8 cm³/mol. The molecule has 1 rings (SSSR count). The number of carboxylic acid groups (broad SMARTS) is 1. The minimum absolute atomic E-state index is 0.403. The van der Waals surface area contributed by atoms with Gasteiger partial charge < -0.3 is 9.84 Å². The Hall–Kier alpha value is -1.12. The first-order chi connectivity index (χ1) is 6.70. The van der Waals surface area contributed by atoms with Gasteiger partial charge in [0.1, 0.15) is 6.42 Å². The van der Waals surface area contributed by atoms with Crippen LogP contribution in [0, 0.1) is 11.3 Å². The van der Waals surface area contributed by atoms with Gasteiger partial charge in [-0.15, -0.1) is 0 Å². The van der Waals surface area contributed by atoms with Gasteiger partial charge in [0.05, 0.1) is 19.3 Å². The number of carbonyl (C=O) groups is 1. The average molecular weight is 200 g/mol. The lowest BCUT2D eigenvalue weighted by Gasteiger charge is -2.24. The maximum absolute atomic E-state index is 9.38. The van der Waals surface area contributed by atoms with E-state index in [4.69, 9.17) is 15.1 Å². The zero-order chi connectivity index (χ0) is 10.8. The van der Waals surface area contributed by atoms with Crippen molar-refractivity contribution in [1.29, 1.82) is 5.26 Å². The van der Waals surface area contributed by atoms with Crippen LogP contribution in [0.4, 0.5) is 0 Å². The van der Waals surface area contributed by atoms with Crippen molar-refractivity contribution in [3.63, 3.8) is 0 Å². The Morgan fingerprint density at radius 2 is 2.14 bits per heavy atom. The van der Waals surface area contributed by atoms with Gasteiger partial charge >= 0.3 is 5.97 Å². The lowest BCUT2D eigenvalue weighted by Crippen LogP contribution is -2.35. The molecule has 0 atom stereocenters.